The van der Waals surface area contributed by atoms with Crippen molar-refractivity contribution in [1.29, 1.82) is 0 Å². The van der Waals surface area contributed by atoms with Gasteiger partial charge >= 0.3 is 5.97 Å². The van der Waals surface area contributed by atoms with Crippen LogP contribution in [0.5, 0.6) is 0 Å². The molecule has 30 heavy (non-hydrogen) atoms. The average Bonchev–Trinajstić information content (AvgIpc) is 2.62. The molecule has 10 N–H and O–H groups in total. The van der Waals surface area contributed by atoms with E-state index in [1.807, 2.05) is 13.8 Å². The molecule has 0 saturated carbocycles. The predicted molar refractivity (Wildman–Crippen MR) is 112 cm³/mol. The van der Waals surface area contributed by atoms with Crippen molar-refractivity contribution in [3.63, 3.8) is 0 Å². The molecule has 0 spiro atoms. The molecule has 0 saturated heterocycles. The van der Waals surface area contributed by atoms with Crippen LogP contribution in [0.1, 0.15) is 47.0 Å². The van der Waals surface area contributed by atoms with Crippen LogP contribution in [-0.4, -0.2) is 65.5 Å². The number of nitrogens with one attached hydrogen (secondary N) is 3. The summed E-state index contributed by atoms with van der Waals surface area (Å²) in [5, 5.41) is 16.7. The maximum atomic E-state index is 12.6. The zero-order valence-electron chi connectivity index (χ0n) is 18.0. The molecule has 0 radical (unpaired) electrons. The summed E-state index contributed by atoms with van der Waals surface area (Å²) >= 11 is 0. The number of aliphatic carboxylic acids is 1. The summed E-state index contributed by atoms with van der Waals surface area (Å²) < 4.78 is 0. The van der Waals surface area contributed by atoms with Crippen LogP contribution in [0.15, 0.2) is 4.99 Å². The Morgan fingerprint density at radius 2 is 1.47 bits per heavy atom. The minimum absolute atomic E-state index is 0.0550. The fourth-order valence-electron chi connectivity index (χ4n) is 2.44. The Hall–Kier alpha value is -2.89. The molecule has 0 aliphatic heterocycles. The molecule has 12 nitrogen and oxygen atoms in total. The van der Waals surface area contributed by atoms with Crippen LogP contribution in [0.25, 0.3) is 0 Å². The van der Waals surface area contributed by atoms with Crippen molar-refractivity contribution < 1.29 is 24.3 Å². The molecule has 0 aliphatic carbocycles. The molecule has 0 aromatic heterocycles. The van der Waals surface area contributed by atoms with Gasteiger partial charge in [-0.3, -0.25) is 19.4 Å². The van der Waals surface area contributed by atoms with Gasteiger partial charge in [0.2, 0.25) is 17.7 Å². The largest absolute Gasteiger partial charge is 0.480 e. The number of nitrogens with zero attached hydrogens (tertiary/aromatic N) is 1. The number of hydrogen-bond donors (Lipinski definition) is 7. The second kappa shape index (κ2) is 13.4. The summed E-state index contributed by atoms with van der Waals surface area (Å²) in [6.45, 7) is 6.82. The molecule has 0 heterocycles. The Morgan fingerprint density at radius 1 is 0.900 bits per heavy atom. The van der Waals surface area contributed by atoms with Crippen LogP contribution in [0, 0.1) is 5.92 Å². The van der Waals surface area contributed by atoms with Gasteiger partial charge in [0.25, 0.3) is 0 Å². The van der Waals surface area contributed by atoms with E-state index in [4.69, 9.17) is 17.2 Å². The van der Waals surface area contributed by atoms with E-state index in [0.717, 1.165) is 0 Å². The molecule has 172 valence electrons. The smallest absolute Gasteiger partial charge is 0.326 e. The van der Waals surface area contributed by atoms with Gasteiger partial charge in [-0.05, 0) is 39.0 Å². The maximum absolute atomic E-state index is 12.6. The van der Waals surface area contributed by atoms with Crippen molar-refractivity contribution in [2.75, 3.05) is 6.54 Å². The van der Waals surface area contributed by atoms with Crippen molar-refractivity contribution in [2.45, 2.75) is 71.1 Å². The minimum atomic E-state index is -1.16. The number of carboxylic acid groups (broad SMARTS) is 1. The molecule has 0 aliphatic rings. The lowest BCUT2D eigenvalue weighted by Gasteiger charge is -2.23. The monoisotopic (exact) mass is 429 g/mol. The van der Waals surface area contributed by atoms with Crippen LogP contribution < -0.4 is 33.2 Å². The Morgan fingerprint density at radius 3 is 1.93 bits per heavy atom. The molecule has 0 aromatic rings. The van der Waals surface area contributed by atoms with E-state index >= 15 is 0 Å². The lowest BCUT2D eigenvalue weighted by atomic mass is 10.0. The molecule has 0 fully saturated rings. The SMILES string of the molecule is CC(C)CC(NC(=O)C(C)NC(=O)C(CCCN=C(N)N)NC(=O)C(C)N)C(=O)O. The number of carbonyl (C=O) groups excluding carboxylic acids is 3. The summed E-state index contributed by atoms with van der Waals surface area (Å²) in [5.41, 5.74) is 16.0. The number of hydrogen-bond acceptors (Lipinski definition) is 6. The van der Waals surface area contributed by atoms with Gasteiger partial charge in [0.15, 0.2) is 5.96 Å². The van der Waals surface area contributed by atoms with E-state index < -0.39 is 47.9 Å². The topological polar surface area (TPSA) is 215 Å². The van der Waals surface area contributed by atoms with Crippen LogP contribution in [0.4, 0.5) is 0 Å². The van der Waals surface area contributed by atoms with E-state index in [9.17, 15) is 24.3 Å². The quantitative estimate of drug-likeness (QED) is 0.0983. The first-order chi connectivity index (χ1) is 13.8. The second-order valence-electron chi connectivity index (χ2n) is 7.56. The van der Waals surface area contributed by atoms with E-state index in [1.165, 1.54) is 13.8 Å². The van der Waals surface area contributed by atoms with Gasteiger partial charge in [-0.1, -0.05) is 13.8 Å². The first kappa shape index (κ1) is 27.1. The summed E-state index contributed by atoms with van der Waals surface area (Å²) in [4.78, 5) is 52.0. The van der Waals surface area contributed by atoms with E-state index in [-0.39, 0.29) is 31.3 Å². The van der Waals surface area contributed by atoms with Crippen molar-refractivity contribution in [2.24, 2.45) is 28.1 Å². The molecule has 0 bridgehead atoms. The van der Waals surface area contributed by atoms with Crippen LogP contribution in [0.2, 0.25) is 0 Å². The summed E-state index contributed by atoms with van der Waals surface area (Å²) in [6.07, 6.45) is 0.853. The highest BCUT2D eigenvalue weighted by Gasteiger charge is 2.27. The minimum Gasteiger partial charge on any atom is -0.480 e. The number of carbonyl (C=O) groups is 4. The van der Waals surface area contributed by atoms with E-state index in [0.29, 0.717) is 6.42 Å². The normalized spacial score (nSPS) is 14.7. The summed E-state index contributed by atoms with van der Waals surface area (Å²) in [7, 11) is 0. The van der Waals surface area contributed by atoms with Crippen molar-refractivity contribution >= 4 is 29.7 Å². The number of nitrogens with two attached hydrogens (primary N) is 3. The molecular weight excluding hydrogens is 394 g/mol. The maximum Gasteiger partial charge on any atom is 0.326 e. The van der Waals surface area contributed by atoms with Gasteiger partial charge in [0.05, 0.1) is 6.04 Å². The lowest BCUT2D eigenvalue weighted by molar-refractivity contribution is -0.142. The van der Waals surface area contributed by atoms with Gasteiger partial charge in [-0.2, -0.15) is 0 Å². The third-order valence-electron chi connectivity index (χ3n) is 4.07. The molecule has 0 rings (SSSR count). The first-order valence-electron chi connectivity index (χ1n) is 9.80. The van der Waals surface area contributed by atoms with E-state index in [1.54, 1.807) is 0 Å². The molecule has 4 unspecified atom stereocenters. The second-order valence-corrected chi connectivity index (χ2v) is 7.56. The predicted octanol–water partition coefficient (Wildman–Crippen LogP) is -2.01. The third-order valence-corrected chi connectivity index (χ3v) is 4.07. The van der Waals surface area contributed by atoms with Gasteiger partial charge in [0, 0.05) is 6.54 Å². The molecular formula is C18H35N7O5. The number of aliphatic imine (C=N–C) groups is 1. The van der Waals surface area contributed by atoms with Gasteiger partial charge < -0.3 is 38.3 Å². The van der Waals surface area contributed by atoms with Gasteiger partial charge in [-0.15, -0.1) is 0 Å². The Kier molecular flexibility index (Phi) is 12.1. The van der Waals surface area contributed by atoms with Crippen molar-refractivity contribution in [3.05, 3.63) is 0 Å². The Bertz CT molecular complexity index is 632. The van der Waals surface area contributed by atoms with Crippen LogP contribution in [-0.2, 0) is 19.2 Å². The highest BCUT2D eigenvalue weighted by Crippen LogP contribution is 2.06. The number of carboxylic acids is 1. The van der Waals surface area contributed by atoms with Crippen molar-refractivity contribution in [3.8, 4) is 0 Å². The molecule has 3 amide bonds. The highest BCUT2D eigenvalue weighted by atomic mass is 16.4. The Labute approximate surface area is 176 Å². The van der Waals surface area contributed by atoms with Crippen molar-refractivity contribution in [1.82, 2.24) is 16.0 Å². The van der Waals surface area contributed by atoms with E-state index in [2.05, 4.69) is 20.9 Å². The highest BCUT2D eigenvalue weighted by molar-refractivity contribution is 5.93. The van der Waals surface area contributed by atoms with Gasteiger partial charge in [0.1, 0.15) is 18.1 Å². The standard InChI is InChI=1S/C18H35N7O5/c1-9(2)8-13(17(29)30)25-15(27)11(4)23-16(28)12(24-14(26)10(3)19)6-5-7-22-18(20)21/h9-13H,5-8,19H2,1-4H3,(H,23,28)(H,24,26)(H,25,27)(H,29,30)(H4,20,21,22). The third kappa shape index (κ3) is 11.2. The number of guanidine groups is 1. The summed E-state index contributed by atoms with van der Waals surface area (Å²) in [5.74, 6) is -2.97. The van der Waals surface area contributed by atoms with Gasteiger partial charge in [-0.25, -0.2) is 4.79 Å². The molecule has 12 heteroatoms. The average molecular weight is 430 g/mol. The summed E-state index contributed by atoms with van der Waals surface area (Å²) in [6, 6.07) is -3.87. The zero-order chi connectivity index (χ0) is 23.4. The zero-order valence-corrected chi connectivity index (χ0v) is 18.0. The fourth-order valence-corrected chi connectivity index (χ4v) is 2.44. The van der Waals surface area contributed by atoms with Crippen LogP contribution >= 0.6 is 0 Å². The fraction of sp³-hybridized carbons (Fsp3) is 0.722. The number of amides is 3. The first-order valence-corrected chi connectivity index (χ1v) is 9.80. The molecule has 0 aromatic carbocycles. The Balaban J connectivity index is 5.02. The number of rotatable bonds is 13. The van der Waals surface area contributed by atoms with Crippen LogP contribution in [0.3, 0.4) is 0 Å². The molecule has 4 atom stereocenters. The lowest BCUT2D eigenvalue weighted by Crippen LogP contribution is -2.56.